The molecule has 1 N–H and O–H groups in total. The van der Waals surface area contributed by atoms with Crippen LogP contribution in [-0.2, 0) is 9.57 Å². The van der Waals surface area contributed by atoms with E-state index >= 15 is 0 Å². The van der Waals surface area contributed by atoms with E-state index in [2.05, 4.69) is 5.48 Å². The van der Waals surface area contributed by atoms with Gasteiger partial charge in [-0.25, -0.2) is 9.63 Å². The number of nitrogens with one attached hydrogen (secondary N) is 1. The van der Waals surface area contributed by atoms with E-state index in [1.165, 1.54) is 0 Å². The topological polar surface area (TPSA) is 47.6 Å². The minimum absolute atomic E-state index is 0.557. The zero-order chi connectivity index (χ0) is 11.0. The molecule has 0 spiro atoms. The van der Waals surface area contributed by atoms with E-state index in [0.29, 0.717) is 0 Å². The van der Waals surface area contributed by atoms with Crippen LogP contribution >= 0.6 is 0 Å². The van der Waals surface area contributed by atoms with Crippen molar-refractivity contribution in [3.63, 3.8) is 0 Å². The average molecular weight is 215 g/mol. The molecule has 4 nitrogen and oxygen atoms in total. The maximum atomic E-state index is 10.8. The maximum Gasteiger partial charge on any atom is 0.434 e. The minimum Gasteiger partial charge on any atom is -0.411 e. The third-order valence-electron chi connectivity index (χ3n) is 2.51. The molecule has 1 fully saturated rings. The number of fused-ring (bicyclic) bond motifs is 1. The maximum absolute atomic E-state index is 10.8. The van der Waals surface area contributed by atoms with Crippen LogP contribution in [0.4, 0.5) is 4.79 Å². The molecule has 1 amide bonds. The normalized spacial score (nSPS) is 19.5. The molecule has 80 valence electrons. The van der Waals surface area contributed by atoms with Gasteiger partial charge < -0.3 is 4.74 Å². The number of carbonyl (C=O) groups is 1. The Morgan fingerprint density at radius 3 is 2.62 bits per heavy atom. The second-order valence-corrected chi connectivity index (χ2v) is 3.56. The van der Waals surface area contributed by atoms with Crippen LogP contribution in [-0.4, -0.2) is 6.09 Å². The van der Waals surface area contributed by atoms with Crippen molar-refractivity contribution < 1.29 is 14.4 Å². The monoisotopic (exact) mass is 215 g/mol. The Morgan fingerprint density at radius 1 is 1.06 bits per heavy atom. The molecule has 0 bridgehead atoms. The predicted octanol–water partition coefficient (Wildman–Crippen LogP) is 2.51. The lowest BCUT2D eigenvalue weighted by molar-refractivity contribution is -0.0604. The Morgan fingerprint density at radius 2 is 1.88 bits per heavy atom. The summed E-state index contributed by atoms with van der Waals surface area (Å²) in [5.41, 5.74) is 2.97. The van der Waals surface area contributed by atoms with Crippen molar-refractivity contribution in [3.05, 3.63) is 48.0 Å². The molecule has 1 aliphatic heterocycles. The summed E-state index contributed by atoms with van der Waals surface area (Å²) in [6.07, 6.45) is -1.21. The van der Waals surface area contributed by atoms with Crippen LogP contribution in [0.1, 0.15) is 11.9 Å². The summed E-state index contributed by atoms with van der Waals surface area (Å²) in [4.78, 5) is 15.8. The first-order valence-corrected chi connectivity index (χ1v) is 4.94. The molecule has 1 atom stereocenters. The van der Waals surface area contributed by atoms with Gasteiger partial charge in [-0.2, -0.15) is 5.48 Å². The van der Waals surface area contributed by atoms with Crippen molar-refractivity contribution in [3.8, 4) is 0 Å². The number of rotatable bonds is 1. The third-order valence-corrected chi connectivity index (χ3v) is 2.51. The summed E-state index contributed by atoms with van der Waals surface area (Å²) in [5, 5.41) is 2.23. The Hall–Kier alpha value is -2.07. The number of carbonyl (C=O) groups excluding carboxylic acids is 1. The number of ether oxygens (including phenoxy) is 1. The fourth-order valence-electron chi connectivity index (χ4n) is 1.74. The summed E-state index contributed by atoms with van der Waals surface area (Å²) in [6, 6.07) is 13.8. The first-order valence-electron chi connectivity index (χ1n) is 4.94. The number of amides is 1. The standard InChI is InChI=1S/C12H9NO3/c14-12-13-16-11(15-12)10-6-5-8-3-1-2-4-9(8)7-10/h1-7,11H,(H,13,14). The SMILES string of the molecule is O=C1NOC(c2ccc3ccccc3c2)O1. The van der Waals surface area contributed by atoms with Crippen molar-refractivity contribution in [2.75, 3.05) is 0 Å². The smallest absolute Gasteiger partial charge is 0.411 e. The lowest BCUT2D eigenvalue weighted by Gasteiger charge is -2.07. The average Bonchev–Trinajstić information content (AvgIpc) is 2.75. The van der Waals surface area contributed by atoms with Gasteiger partial charge in [-0.05, 0) is 16.8 Å². The first kappa shape index (κ1) is 9.18. The molecule has 1 saturated heterocycles. The molecule has 0 radical (unpaired) electrons. The molecular weight excluding hydrogens is 206 g/mol. The molecule has 2 aromatic rings. The van der Waals surface area contributed by atoms with Crippen molar-refractivity contribution in [2.24, 2.45) is 0 Å². The quantitative estimate of drug-likeness (QED) is 0.795. The third kappa shape index (κ3) is 1.49. The van der Waals surface area contributed by atoms with Crippen molar-refractivity contribution in [1.29, 1.82) is 0 Å². The predicted molar refractivity (Wildman–Crippen MR) is 57.4 cm³/mol. The van der Waals surface area contributed by atoms with E-state index in [-0.39, 0.29) is 0 Å². The van der Waals surface area contributed by atoms with Crippen LogP contribution in [0.2, 0.25) is 0 Å². The van der Waals surface area contributed by atoms with Crippen molar-refractivity contribution >= 4 is 16.9 Å². The highest BCUT2D eigenvalue weighted by atomic mass is 16.9. The minimum atomic E-state index is -0.655. The summed E-state index contributed by atoms with van der Waals surface area (Å²) in [5.74, 6) is 0. The highest BCUT2D eigenvalue weighted by molar-refractivity contribution is 5.83. The molecule has 0 aliphatic carbocycles. The van der Waals surface area contributed by atoms with E-state index < -0.39 is 12.4 Å². The summed E-state index contributed by atoms with van der Waals surface area (Å²) in [6.45, 7) is 0. The van der Waals surface area contributed by atoms with Gasteiger partial charge in [0.05, 0.1) is 0 Å². The van der Waals surface area contributed by atoms with Gasteiger partial charge in [-0.15, -0.1) is 0 Å². The number of cyclic esters (lactones) is 1. The number of hydrogen-bond acceptors (Lipinski definition) is 3. The molecule has 0 aromatic heterocycles. The van der Waals surface area contributed by atoms with E-state index in [1.807, 2.05) is 42.5 Å². The van der Waals surface area contributed by atoms with E-state index in [1.54, 1.807) is 0 Å². The van der Waals surface area contributed by atoms with Crippen molar-refractivity contribution in [2.45, 2.75) is 6.29 Å². The zero-order valence-corrected chi connectivity index (χ0v) is 8.34. The Kier molecular flexibility index (Phi) is 2.01. The zero-order valence-electron chi connectivity index (χ0n) is 8.34. The fraction of sp³-hybridized carbons (Fsp3) is 0.0833. The van der Waals surface area contributed by atoms with Gasteiger partial charge in [0.25, 0.3) is 6.29 Å². The van der Waals surface area contributed by atoms with Crippen molar-refractivity contribution in [1.82, 2.24) is 5.48 Å². The largest absolute Gasteiger partial charge is 0.434 e. The molecule has 4 heteroatoms. The van der Waals surface area contributed by atoms with Gasteiger partial charge in [-0.3, -0.25) is 0 Å². The van der Waals surface area contributed by atoms with Gasteiger partial charge in [0, 0.05) is 5.56 Å². The summed E-state index contributed by atoms with van der Waals surface area (Å²) in [7, 11) is 0. The van der Waals surface area contributed by atoms with Gasteiger partial charge >= 0.3 is 6.09 Å². The Balaban J connectivity index is 2.02. The molecule has 2 aromatic carbocycles. The summed E-state index contributed by atoms with van der Waals surface area (Å²) >= 11 is 0. The second kappa shape index (κ2) is 3.50. The van der Waals surface area contributed by atoms with Crippen LogP contribution in [0, 0.1) is 0 Å². The van der Waals surface area contributed by atoms with E-state index in [9.17, 15) is 4.79 Å². The molecule has 1 unspecified atom stereocenters. The van der Waals surface area contributed by atoms with Crippen LogP contribution in [0.5, 0.6) is 0 Å². The lowest BCUT2D eigenvalue weighted by atomic mass is 10.1. The first-order chi connectivity index (χ1) is 7.83. The van der Waals surface area contributed by atoms with Gasteiger partial charge in [0.2, 0.25) is 0 Å². The fourth-order valence-corrected chi connectivity index (χ4v) is 1.74. The lowest BCUT2D eigenvalue weighted by Crippen LogP contribution is -2.10. The van der Waals surface area contributed by atoms with Crippen LogP contribution in [0.15, 0.2) is 42.5 Å². The highest BCUT2D eigenvalue weighted by Gasteiger charge is 2.25. The number of hydrogen-bond donors (Lipinski definition) is 1. The number of hydroxylamine groups is 1. The molecule has 16 heavy (non-hydrogen) atoms. The Labute approximate surface area is 91.7 Å². The Bertz CT molecular complexity index is 553. The molecule has 1 heterocycles. The second-order valence-electron chi connectivity index (χ2n) is 3.56. The van der Waals surface area contributed by atoms with Crippen LogP contribution in [0.3, 0.4) is 0 Å². The van der Waals surface area contributed by atoms with E-state index in [0.717, 1.165) is 16.3 Å². The highest BCUT2D eigenvalue weighted by Crippen LogP contribution is 2.25. The van der Waals surface area contributed by atoms with Crippen LogP contribution < -0.4 is 5.48 Å². The van der Waals surface area contributed by atoms with Gasteiger partial charge in [-0.1, -0.05) is 36.4 Å². The van der Waals surface area contributed by atoms with Gasteiger partial charge in [0.1, 0.15) is 0 Å². The molecule has 3 rings (SSSR count). The van der Waals surface area contributed by atoms with E-state index in [4.69, 9.17) is 9.57 Å². The molecule has 0 saturated carbocycles. The van der Waals surface area contributed by atoms with Gasteiger partial charge in [0.15, 0.2) is 0 Å². The molecular formula is C12H9NO3. The summed E-state index contributed by atoms with van der Waals surface area (Å²) < 4.78 is 4.92. The number of benzene rings is 2. The van der Waals surface area contributed by atoms with Crippen LogP contribution in [0.25, 0.3) is 10.8 Å². The molecule has 1 aliphatic rings.